The predicted octanol–water partition coefficient (Wildman–Crippen LogP) is 1.50. The average molecular weight is 365 g/mol. The molecule has 0 unspecified atom stereocenters. The third-order valence-corrected chi connectivity index (χ3v) is 4.79. The van der Waals surface area contributed by atoms with Crippen LogP contribution in [0.1, 0.15) is 30.7 Å². The minimum atomic E-state index is -1.15. The molecule has 0 aliphatic carbocycles. The van der Waals surface area contributed by atoms with E-state index in [-0.39, 0.29) is 18.0 Å². The maximum Gasteiger partial charge on any atom is 0.285 e. The molecule has 8 heteroatoms. The van der Waals surface area contributed by atoms with Gasteiger partial charge in [-0.2, -0.15) is 10.4 Å². The summed E-state index contributed by atoms with van der Waals surface area (Å²) in [5.41, 5.74) is 0.252. The Balaban J connectivity index is 2.07. The van der Waals surface area contributed by atoms with Crippen molar-refractivity contribution in [3.63, 3.8) is 0 Å². The molecule has 1 aliphatic heterocycles. The third-order valence-electron chi connectivity index (χ3n) is 4.79. The number of anilines is 2. The van der Waals surface area contributed by atoms with Gasteiger partial charge in [-0.1, -0.05) is 12.1 Å². The number of rotatable bonds is 2. The number of carbonyl (C=O) groups is 2. The van der Waals surface area contributed by atoms with E-state index in [9.17, 15) is 19.6 Å². The van der Waals surface area contributed by atoms with Gasteiger partial charge in [0.1, 0.15) is 23.7 Å². The molecule has 0 spiro atoms. The summed E-state index contributed by atoms with van der Waals surface area (Å²) in [6.45, 7) is 6.20. The monoisotopic (exact) mass is 365 g/mol. The molecule has 0 fully saturated rings. The smallest absolute Gasteiger partial charge is 0.285 e. The van der Waals surface area contributed by atoms with Gasteiger partial charge in [-0.15, -0.1) is 0 Å². The van der Waals surface area contributed by atoms with Gasteiger partial charge in [0.2, 0.25) is 11.8 Å². The summed E-state index contributed by atoms with van der Waals surface area (Å²) in [5, 5.41) is 16.2. The molecule has 138 valence electrons. The fourth-order valence-corrected chi connectivity index (χ4v) is 3.11. The number of nitrogens with zero attached hydrogens (tertiary/aromatic N) is 4. The number of nitriles is 1. The van der Waals surface area contributed by atoms with Crippen LogP contribution in [0.4, 0.5) is 11.4 Å². The average Bonchev–Trinajstić information content (AvgIpc) is 2.61. The Kier molecular flexibility index (Phi) is 4.31. The van der Waals surface area contributed by atoms with Gasteiger partial charge in [0.25, 0.3) is 5.56 Å². The maximum absolute atomic E-state index is 13.1. The fourth-order valence-electron chi connectivity index (χ4n) is 3.11. The van der Waals surface area contributed by atoms with Gasteiger partial charge in [-0.05, 0) is 45.4 Å². The van der Waals surface area contributed by atoms with Crippen LogP contribution < -0.4 is 15.8 Å². The lowest BCUT2D eigenvalue weighted by molar-refractivity contribution is -0.127. The summed E-state index contributed by atoms with van der Waals surface area (Å²) in [7, 11) is 0. The highest BCUT2D eigenvalue weighted by atomic mass is 16.2. The maximum atomic E-state index is 13.1. The van der Waals surface area contributed by atoms with Crippen molar-refractivity contribution < 1.29 is 9.59 Å². The first-order chi connectivity index (χ1) is 12.7. The summed E-state index contributed by atoms with van der Waals surface area (Å²) >= 11 is 0. The standard InChI is InChI=1S/C19H19N5O3/c1-11-12(2)22-23(17(26)13(11)9-20)10-16(25)24-15-8-6-5-7-14(15)21-18(27)19(24,3)4/h5-8H,10H2,1-4H3,(H,21,27). The molecule has 0 atom stereocenters. The first-order valence-electron chi connectivity index (χ1n) is 8.40. The zero-order chi connectivity index (χ0) is 19.9. The molecule has 1 N–H and O–H groups in total. The van der Waals surface area contributed by atoms with Gasteiger partial charge >= 0.3 is 0 Å². The van der Waals surface area contributed by atoms with E-state index in [0.717, 1.165) is 4.68 Å². The van der Waals surface area contributed by atoms with Crippen molar-refractivity contribution >= 4 is 23.2 Å². The Hall–Kier alpha value is -3.47. The Morgan fingerprint density at radius 3 is 2.59 bits per heavy atom. The minimum absolute atomic E-state index is 0.0358. The number of aryl methyl sites for hydroxylation is 1. The van der Waals surface area contributed by atoms with Crippen molar-refractivity contribution in [1.29, 1.82) is 5.26 Å². The predicted molar refractivity (Wildman–Crippen MR) is 99.3 cm³/mol. The minimum Gasteiger partial charge on any atom is -0.322 e. The van der Waals surface area contributed by atoms with Crippen molar-refractivity contribution in [2.45, 2.75) is 39.8 Å². The molecule has 0 bridgehead atoms. The molecule has 27 heavy (non-hydrogen) atoms. The molecule has 1 aromatic heterocycles. The van der Waals surface area contributed by atoms with Crippen LogP contribution in [0, 0.1) is 25.2 Å². The van der Waals surface area contributed by atoms with E-state index in [1.54, 1.807) is 52.0 Å². The summed E-state index contributed by atoms with van der Waals surface area (Å²) in [6.07, 6.45) is 0. The second-order valence-electron chi connectivity index (χ2n) is 6.92. The molecule has 0 saturated heterocycles. The van der Waals surface area contributed by atoms with Gasteiger partial charge in [0.15, 0.2) is 0 Å². The lowest BCUT2D eigenvalue weighted by Gasteiger charge is -2.42. The zero-order valence-corrected chi connectivity index (χ0v) is 15.5. The highest BCUT2D eigenvalue weighted by Gasteiger charge is 2.43. The van der Waals surface area contributed by atoms with E-state index >= 15 is 0 Å². The van der Waals surface area contributed by atoms with Gasteiger partial charge in [-0.3, -0.25) is 19.3 Å². The lowest BCUT2D eigenvalue weighted by Crippen LogP contribution is -2.59. The molecule has 1 aliphatic rings. The Morgan fingerprint density at radius 2 is 1.93 bits per heavy atom. The van der Waals surface area contributed by atoms with Crippen LogP contribution >= 0.6 is 0 Å². The molecule has 0 radical (unpaired) electrons. The van der Waals surface area contributed by atoms with E-state index < -0.39 is 17.0 Å². The summed E-state index contributed by atoms with van der Waals surface area (Å²) in [4.78, 5) is 39.4. The second-order valence-corrected chi connectivity index (χ2v) is 6.92. The van der Waals surface area contributed by atoms with E-state index in [1.807, 2.05) is 6.07 Å². The van der Waals surface area contributed by atoms with E-state index in [4.69, 9.17) is 0 Å². The van der Waals surface area contributed by atoms with Crippen molar-refractivity contribution in [1.82, 2.24) is 9.78 Å². The fraction of sp³-hybridized carbons (Fsp3) is 0.316. The number of hydrogen-bond donors (Lipinski definition) is 1. The Morgan fingerprint density at radius 1 is 1.26 bits per heavy atom. The van der Waals surface area contributed by atoms with Crippen LogP contribution in [0.5, 0.6) is 0 Å². The first-order valence-corrected chi connectivity index (χ1v) is 8.40. The number of para-hydroxylation sites is 2. The number of aromatic nitrogens is 2. The topological polar surface area (TPSA) is 108 Å². The lowest BCUT2D eigenvalue weighted by atomic mass is 9.96. The number of amides is 2. The molecule has 2 aromatic rings. The molecular weight excluding hydrogens is 346 g/mol. The van der Waals surface area contributed by atoms with Gasteiger partial charge in [0, 0.05) is 0 Å². The van der Waals surface area contributed by atoms with E-state index in [1.165, 1.54) is 4.90 Å². The van der Waals surface area contributed by atoms with Crippen LogP contribution in [0.2, 0.25) is 0 Å². The van der Waals surface area contributed by atoms with Crippen LogP contribution in [-0.4, -0.2) is 27.1 Å². The number of carbonyl (C=O) groups excluding carboxylic acids is 2. The van der Waals surface area contributed by atoms with E-state index in [0.29, 0.717) is 22.6 Å². The second kappa shape index (κ2) is 6.36. The number of hydrogen-bond acceptors (Lipinski definition) is 5. The van der Waals surface area contributed by atoms with Crippen molar-refractivity contribution in [3.8, 4) is 6.07 Å². The van der Waals surface area contributed by atoms with Gasteiger partial charge < -0.3 is 5.32 Å². The van der Waals surface area contributed by atoms with Crippen LogP contribution in [0.3, 0.4) is 0 Å². The molecule has 1 aromatic carbocycles. The van der Waals surface area contributed by atoms with Crippen molar-refractivity contribution in [2.24, 2.45) is 0 Å². The highest BCUT2D eigenvalue weighted by molar-refractivity contribution is 6.14. The van der Waals surface area contributed by atoms with Crippen LogP contribution in [0.25, 0.3) is 0 Å². The molecular formula is C19H19N5O3. The Labute approximate surface area is 156 Å². The summed E-state index contributed by atoms with van der Waals surface area (Å²) < 4.78 is 0.981. The molecule has 2 amide bonds. The SMILES string of the molecule is Cc1nn(CC(=O)N2c3ccccc3NC(=O)C2(C)C)c(=O)c(C#N)c1C. The van der Waals surface area contributed by atoms with Crippen LogP contribution in [-0.2, 0) is 16.1 Å². The van der Waals surface area contributed by atoms with Gasteiger partial charge in [-0.25, -0.2) is 4.68 Å². The molecule has 8 nitrogen and oxygen atoms in total. The summed E-state index contributed by atoms with van der Waals surface area (Å²) in [6, 6.07) is 8.83. The third kappa shape index (κ3) is 2.87. The number of fused-ring (bicyclic) bond motifs is 1. The Bertz CT molecular complexity index is 1060. The molecule has 2 heterocycles. The number of benzene rings is 1. The van der Waals surface area contributed by atoms with Crippen molar-refractivity contribution in [2.75, 3.05) is 10.2 Å². The quantitative estimate of drug-likeness (QED) is 0.867. The normalized spacial score (nSPS) is 14.9. The molecule has 0 saturated carbocycles. The van der Waals surface area contributed by atoms with E-state index in [2.05, 4.69) is 10.4 Å². The highest BCUT2D eigenvalue weighted by Crippen LogP contribution is 2.36. The van der Waals surface area contributed by atoms with Crippen LogP contribution in [0.15, 0.2) is 29.1 Å². The van der Waals surface area contributed by atoms with Gasteiger partial charge in [0.05, 0.1) is 17.1 Å². The number of nitrogens with one attached hydrogen (secondary N) is 1. The van der Waals surface area contributed by atoms with Crippen molar-refractivity contribution in [3.05, 3.63) is 51.4 Å². The first kappa shape index (κ1) is 18.3. The zero-order valence-electron chi connectivity index (χ0n) is 15.5. The molecule has 3 rings (SSSR count). The summed E-state index contributed by atoms with van der Waals surface area (Å²) in [5.74, 6) is -0.795. The largest absolute Gasteiger partial charge is 0.322 e.